The molecule has 2 N–H and O–H groups in total. The molecule has 1 fully saturated rings. The van der Waals surface area contributed by atoms with Crippen molar-refractivity contribution in [2.75, 3.05) is 13.2 Å². The van der Waals surface area contributed by atoms with Crippen molar-refractivity contribution < 1.29 is 19.1 Å². The van der Waals surface area contributed by atoms with Crippen molar-refractivity contribution in [3.8, 4) is 5.75 Å². The Morgan fingerprint density at radius 1 is 1.09 bits per heavy atom. The van der Waals surface area contributed by atoms with Crippen LogP contribution in [0.5, 0.6) is 5.75 Å². The monoisotopic (exact) mass is 447 g/mol. The van der Waals surface area contributed by atoms with Gasteiger partial charge in [-0.2, -0.15) is 0 Å². The molecule has 7 nitrogen and oxygen atoms in total. The molecule has 0 unspecified atom stereocenters. The van der Waals surface area contributed by atoms with Crippen LogP contribution >= 0.6 is 11.3 Å². The Bertz CT molecular complexity index is 1170. The number of urea groups is 1. The Hall–Kier alpha value is -3.65. The number of benzene rings is 2. The molecule has 0 radical (unpaired) electrons. The molecule has 8 heteroatoms. The van der Waals surface area contributed by atoms with Gasteiger partial charge < -0.3 is 15.4 Å². The molecule has 162 valence electrons. The van der Waals surface area contributed by atoms with E-state index in [9.17, 15) is 14.4 Å². The standard InChI is InChI=1S/C24H21N3O4S/c28-20(25-21(19-11-6-14-32-19)16-7-2-1-3-8-16)15-27-22(29)24(26-23(27)30)12-13-31-18-10-5-4-9-17(18)24/h1-11,14,21H,12-13,15H2,(H,25,28)(H,26,30)/t21-,24-/m0/s1. The molecule has 1 aromatic heterocycles. The highest BCUT2D eigenvalue weighted by molar-refractivity contribution is 7.10. The van der Waals surface area contributed by atoms with Gasteiger partial charge in [-0.3, -0.25) is 14.5 Å². The molecule has 4 amide bonds. The summed E-state index contributed by atoms with van der Waals surface area (Å²) in [7, 11) is 0. The van der Waals surface area contributed by atoms with E-state index in [1.807, 2.05) is 53.9 Å². The van der Waals surface area contributed by atoms with Crippen LogP contribution in [0.15, 0.2) is 72.1 Å². The highest BCUT2D eigenvalue weighted by Crippen LogP contribution is 2.40. The number of ether oxygens (including phenoxy) is 1. The second-order valence-corrected chi connectivity index (χ2v) is 8.73. The maximum absolute atomic E-state index is 13.4. The first kappa shape index (κ1) is 20.3. The van der Waals surface area contributed by atoms with Gasteiger partial charge in [0, 0.05) is 16.9 Å². The Morgan fingerprint density at radius 2 is 1.88 bits per heavy atom. The number of imide groups is 1. The van der Waals surface area contributed by atoms with Crippen LogP contribution in [0.4, 0.5) is 4.79 Å². The number of hydrogen-bond acceptors (Lipinski definition) is 5. The molecule has 0 aliphatic carbocycles. The highest BCUT2D eigenvalue weighted by Gasteiger charge is 2.55. The van der Waals surface area contributed by atoms with Crippen LogP contribution in [0, 0.1) is 0 Å². The van der Waals surface area contributed by atoms with Crippen molar-refractivity contribution >= 4 is 29.2 Å². The molecule has 2 aromatic carbocycles. The number of amides is 4. The van der Waals surface area contributed by atoms with Gasteiger partial charge in [0.05, 0.1) is 12.6 Å². The van der Waals surface area contributed by atoms with Crippen molar-refractivity contribution in [2.24, 2.45) is 0 Å². The summed E-state index contributed by atoms with van der Waals surface area (Å²) in [6, 6.07) is 19.7. The fraction of sp³-hybridized carbons (Fsp3) is 0.208. The predicted molar refractivity (Wildman–Crippen MR) is 119 cm³/mol. The minimum absolute atomic E-state index is 0.303. The summed E-state index contributed by atoms with van der Waals surface area (Å²) in [4.78, 5) is 41.1. The van der Waals surface area contributed by atoms with E-state index in [0.717, 1.165) is 15.3 Å². The Morgan fingerprint density at radius 3 is 2.66 bits per heavy atom. The van der Waals surface area contributed by atoms with E-state index < -0.39 is 23.4 Å². The summed E-state index contributed by atoms with van der Waals surface area (Å²) in [5.41, 5.74) is 0.349. The average Bonchev–Trinajstić information content (AvgIpc) is 3.42. The molecule has 2 aliphatic heterocycles. The molecular weight excluding hydrogens is 426 g/mol. The number of nitrogens with zero attached hydrogens (tertiary/aromatic N) is 1. The van der Waals surface area contributed by atoms with Crippen molar-refractivity contribution in [2.45, 2.75) is 18.0 Å². The highest BCUT2D eigenvalue weighted by atomic mass is 32.1. The largest absolute Gasteiger partial charge is 0.493 e. The summed E-state index contributed by atoms with van der Waals surface area (Å²) in [5, 5.41) is 7.76. The van der Waals surface area contributed by atoms with Gasteiger partial charge in [0.25, 0.3) is 5.91 Å². The van der Waals surface area contributed by atoms with Crippen molar-refractivity contribution in [1.29, 1.82) is 0 Å². The predicted octanol–water partition coefficient (Wildman–Crippen LogP) is 3.18. The van der Waals surface area contributed by atoms with Crippen LogP contribution in [0.25, 0.3) is 0 Å². The zero-order chi connectivity index (χ0) is 22.1. The van der Waals surface area contributed by atoms with Gasteiger partial charge in [-0.15, -0.1) is 11.3 Å². The van der Waals surface area contributed by atoms with E-state index in [1.165, 1.54) is 11.3 Å². The summed E-state index contributed by atoms with van der Waals surface area (Å²) in [5.74, 6) is -0.269. The Balaban J connectivity index is 1.37. The smallest absolute Gasteiger partial charge is 0.325 e. The summed E-state index contributed by atoms with van der Waals surface area (Å²) in [6.45, 7) is -0.0539. The normalized spacial score (nSPS) is 20.4. The summed E-state index contributed by atoms with van der Waals surface area (Å²) < 4.78 is 5.65. The third-order valence-electron chi connectivity index (χ3n) is 5.82. The minimum Gasteiger partial charge on any atom is -0.493 e. The lowest BCUT2D eigenvalue weighted by Gasteiger charge is -2.33. The van der Waals surface area contributed by atoms with E-state index in [4.69, 9.17) is 4.74 Å². The van der Waals surface area contributed by atoms with E-state index in [2.05, 4.69) is 10.6 Å². The van der Waals surface area contributed by atoms with Gasteiger partial charge in [-0.05, 0) is 23.1 Å². The summed E-state index contributed by atoms with van der Waals surface area (Å²) >= 11 is 1.53. The Kier molecular flexibility index (Phi) is 5.14. The molecule has 1 saturated heterocycles. The zero-order valence-electron chi connectivity index (χ0n) is 17.1. The van der Waals surface area contributed by atoms with Crippen molar-refractivity contribution in [3.05, 3.63) is 88.1 Å². The number of hydrogen-bond donors (Lipinski definition) is 2. The van der Waals surface area contributed by atoms with Crippen molar-refractivity contribution in [1.82, 2.24) is 15.5 Å². The first-order chi connectivity index (χ1) is 15.6. The van der Waals surface area contributed by atoms with E-state index in [-0.39, 0.29) is 12.6 Å². The number of carbonyl (C=O) groups is 3. The van der Waals surface area contributed by atoms with Crippen LogP contribution in [-0.4, -0.2) is 35.9 Å². The molecule has 0 saturated carbocycles. The third-order valence-corrected chi connectivity index (χ3v) is 6.76. The summed E-state index contributed by atoms with van der Waals surface area (Å²) in [6.07, 6.45) is 0.314. The van der Waals surface area contributed by atoms with Gasteiger partial charge in [-0.25, -0.2) is 4.79 Å². The molecule has 2 aliphatic rings. The lowest BCUT2D eigenvalue weighted by Crippen LogP contribution is -2.48. The first-order valence-corrected chi connectivity index (χ1v) is 11.2. The molecule has 1 spiro atoms. The fourth-order valence-corrected chi connectivity index (χ4v) is 5.09. The third kappa shape index (κ3) is 3.42. The fourth-order valence-electron chi connectivity index (χ4n) is 4.29. The number of fused-ring (bicyclic) bond motifs is 2. The van der Waals surface area contributed by atoms with Gasteiger partial charge in [0.15, 0.2) is 5.54 Å². The second kappa shape index (κ2) is 8.12. The maximum Gasteiger partial charge on any atom is 0.325 e. The quantitative estimate of drug-likeness (QED) is 0.588. The molecule has 3 aromatic rings. The number of thiophene rings is 1. The molecule has 2 atom stereocenters. The van der Waals surface area contributed by atoms with Gasteiger partial charge >= 0.3 is 6.03 Å². The Labute approximate surface area is 189 Å². The van der Waals surface area contributed by atoms with Gasteiger partial charge in [-0.1, -0.05) is 54.6 Å². The SMILES string of the molecule is O=C(CN1C(=O)N[C@]2(CCOc3ccccc32)C1=O)N[C@@H](c1ccccc1)c1cccs1. The molecule has 5 rings (SSSR count). The molecule has 32 heavy (non-hydrogen) atoms. The minimum atomic E-state index is -1.20. The number of para-hydroxylation sites is 1. The second-order valence-electron chi connectivity index (χ2n) is 7.75. The number of carbonyl (C=O) groups excluding carboxylic acids is 3. The first-order valence-electron chi connectivity index (χ1n) is 10.3. The average molecular weight is 448 g/mol. The van der Waals surface area contributed by atoms with E-state index >= 15 is 0 Å². The number of nitrogens with one attached hydrogen (secondary N) is 2. The lowest BCUT2D eigenvalue weighted by atomic mass is 9.84. The number of rotatable bonds is 5. The van der Waals surface area contributed by atoms with E-state index in [0.29, 0.717) is 24.3 Å². The lowest BCUT2D eigenvalue weighted by molar-refractivity contribution is -0.136. The van der Waals surface area contributed by atoms with Gasteiger partial charge in [0.1, 0.15) is 12.3 Å². The molecule has 0 bridgehead atoms. The maximum atomic E-state index is 13.4. The molecule has 3 heterocycles. The van der Waals surface area contributed by atoms with Crippen LogP contribution < -0.4 is 15.4 Å². The van der Waals surface area contributed by atoms with Gasteiger partial charge in [0.2, 0.25) is 5.91 Å². The zero-order valence-corrected chi connectivity index (χ0v) is 17.9. The van der Waals surface area contributed by atoms with Crippen LogP contribution in [-0.2, 0) is 15.1 Å². The van der Waals surface area contributed by atoms with E-state index in [1.54, 1.807) is 18.2 Å². The van der Waals surface area contributed by atoms with Crippen LogP contribution in [0.2, 0.25) is 0 Å². The topological polar surface area (TPSA) is 87.7 Å². The van der Waals surface area contributed by atoms with Crippen molar-refractivity contribution in [3.63, 3.8) is 0 Å². The van der Waals surface area contributed by atoms with Crippen LogP contribution in [0.3, 0.4) is 0 Å². The van der Waals surface area contributed by atoms with Crippen LogP contribution in [0.1, 0.15) is 28.5 Å². The molecular formula is C24H21N3O4S.